The highest BCUT2D eigenvalue weighted by Gasteiger charge is 2.32. The minimum absolute atomic E-state index is 0.469. The summed E-state index contributed by atoms with van der Waals surface area (Å²) < 4.78 is 0. The fourth-order valence-corrected chi connectivity index (χ4v) is 2.72. The highest BCUT2D eigenvalue weighted by atomic mass is 15.0. The van der Waals surface area contributed by atoms with Crippen molar-refractivity contribution in [2.24, 2.45) is 5.92 Å². The molecular formula is C13H25N. The molecule has 1 aliphatic heterocycles. The van der Waals surface area contributed by atoms with Gasteiger partial charge in [-0.05, 0) is 51.0 Å². The van der Waals surface area contributed by atoms with Gasteiger partial charge in [-0.25, -0.2) is 0 Å². The molecule has 1 nitrogen and oxygen atoms in total. The lowest BCUT2D eigenvalue weighted by molar-refractivity contribution is 0.278. The van der Waals surface area contributed by atoms with Crippen LogP contribution in [0.1, 0.15) is 52.4 Å². The summed E-state index contributed by atoms with van der Waals surface area (Å²) >= 11 is 0. The van der Waals surface area contributed by atoms with Crippen molar-refractivity contribution in [1.82, 2.24) is 5.32 Å². The molecule has 1 saturated heterocycles. The minimum Gasteiger partial charge on any atom is -0.311 e. The minimum atomic E-state index is 0.469. The van der Waals surface area contributed by atoms with E-state index in [0.717, 1.165) is 5.92 Å². The molecule has 0 bridgehead atoms. The van der Waals surface area contributed by atoms with Crippen LogP contribution in [0.25, 0.3) is 0 Å². The standard InChI is InChI=1S/C13H25N/c1-4-5-6-8-13(11-12(2)3)9-7-10-14-13/h4,12,14H,1,5-11H2,2-3H3. The molecule has 0 spiro atoms. The van der Waals surface area contributed by atoms with E-state index in [1.54, 1.807) is 0 Å². The van der Waals surface area contributed by atoms with Gasteiger partial charge in [0, 0.05) is 5.54 Å². The number of rotatable bonds is 6. The second kappa shape index (κ2) is 5.55. The topological polar surface area (TPSA) is 12.0 Å². The lowest BCUT2D eigenvalue weighted by Gasteiger charge is -2.31. The molecule has 1 N–H and O–H groups in total. The van der Waals surface area contributed by atoms with Crippen LogP contribution in [0.5, 0.6) is 0 Å². The fourth-order valence-electron chi connectivity index (χ4n) is 2.72. The van der Waals surface area contributed by atoms with E-state index in [1.165, 1.54) is 45.1 Å². The predicted octanol–water partition coefficient (Wildman–Crippen LogP) is 3.51. The Bertz CT molecular complexity index is 166. The zero-order valence-electron chi connectivity index (χ0n) is 9.81. The van der Waals surface area contributed by atoms with Crippen molar-refractivity contribution in [2.75, 3.05) is 6.54 Å². The fraction of sp³-hybridized carbons (Fsp3) is 0.846. The molecule has 1 unspecified atom stereocenters. The van der Waals surface area contributed by atoms with Crippen molar-refractivity contribution in [1.29, 1.82) is 0 Å². The van der Waals surface area contributed by atoms with E-state index in [9.17, 15) is 0 Å². The zero-order chi connectivity index (χ0) is 10.4. The number of hydrogen-bond donors (Lipinski definition) is 1. The van der Waals surface area contributed by atoms with Crippen molar-refractivity contribution >= 4 is 0 Å². The zero-order valence-corrected chi connectivity index (χ0v) is 9.81. The van der Waals surface area contributed by atoms with Gasteiger partial charge >= 0.3 is 0 Å². The van der Waals surface area contributed by atoms with E-state index in [4.69, 9.17) is 0 Å². The normalized spacial score (nSPS) is 27.1. The van der Waals surface area contributed by atoms with Gasteiger partial charge in [0.05, 0.1) is 0 Å². The van der Waals surface area contributed by atoms with Gasteiger partial charge in [0.15, 0.2) is 0 Å². The third kappa shape index (κ3) is 3.45. The summed E-state index contributed by atoms with van der Waals surface area (Å²) in [7, 11) is 0. The van der Waals surface area contributed by atoms with Crippen molar-refractivity contribution < 1.29 is 0 Å². The Morgan fingerprint density at radius 2 is 2.29 bits per heavy atom. The Balaban J connectivity index is 2.40. The first-order valence-electron chi connectivity index (χ1n) is 6.04. The van der Waals surface area contributed by atoms with E-state index in [1.807, 2.05) is 6.08 Å². The maximum absolute atomic E-state index is 3.79. The number of allylic oxidation sites excluding steroid dienone is 1. The van der Waals surface area contributed by atoms with Crippen LogP contribution < -0.4 is 5.32 Å². The molecule has 1 atom stereocenters. The molecule has 1 aliphatic rings. The Morgan fingerprint density at radius 3 is 2.79 bits per heavy atom. The second-order valence-electron chi connectivity index (χ2n) is 5.09. The average molecular weight is 195 g/mol. The van der Waals surface area contributed by atoms with E-state index in [2.05, 4.69) is 25.7 Å². The molecular weight excluding hydrogens is 170 g/mol. The van der Waals surface area contributed by atoms with Crippen LogP contribution in [0.15, 0.2) is 12.7 Å². The summed E-state index contributed by atoms with van der Waals surface area (Å²) in [5.74, 6) is 0.810. The molecule has 0 aromatic heterocycles. The van der Waals surface area contributed by atoms with Gasteiger partial charge in [-0.15, -0.1) is 6.58 Å². The van der Waals surface area contributed by atoms with Crippen LogP contribution in [0.2, 0.25) is 0 Å². The Morgan fingerprint density at radius 1 is 1.50 bits per heavy atom. The van der Waals surface area contributed by atoms with Crippen molar-refractivity contribution in [3.63, 3.8) is 0 Å². The van der Waals surface area contributed by atoms with E-state index < -0.39 is 0 Å². The molecule has 1 rings (SSSR count). The SMILES string of the molecule is C=CCCCC1(CC(C)C)CCCN1. The Kier molecular flexibility index (Phi) is 4.67. The van der Waals surface area contributed by atoms with Crippen molar-refractivity contribution in [2.45, 2.75) is 57.9 Å². The molecule has 1 heterocycles. The lowest BCUT2D eigenvalue weighted by Crippen LogP contribution is -2.40. The first kappa shape index (κ1) is 11.8. The smallest absolute Gasteiger partial charge is 0.0184 e. The third-order valence-corrected chi connectivity index (χ3v) is 3.19. The summed E-state index contributed by atoms with van der Waals surface area (Å²) in [6.07, 6.45) is 9.91. The monoisotopic (exact) mass is 195 g/mol. The Hall–Kier alpha value is -0.300. The van der Waals surface area contributed by atoms with Gasteiger partial charge < -0.3 is 5.32 Å². The summed E-state index contributed by atoms with van der Waals surface area (Å²) in [6.45, 7) is 9.67. The first-order valence-corrected chi connectivity index (χ1v) is 6.04. The van der Waals surface area contributed by atoms with Crippen LogP contribution in [0, 0.1) is 5.92 Å². The molecule has 82 valence electrons. The van der Waals surface area contributed by atoms with E-state index in [-0.39, 0.29) is 0 Å². The summed E-state index contributed by atoms with van der Waals surface area (Å²) in [5, 5.41) is 3.73. The second-order valence-corrected chi connectivity index (χ2v) is 5.09. The molecule has 0 saturated carbocycles. The van der Waals surface area contributed by atoms with Gasteiger partial charge in [-0.2, -0.15) is 0 Å². The predicted molar refractivity (Wildman–Crippen MR) is 63.5 cm³/mol. The van der Waals surface area contributed by atoms with Gasteiger partial charge in [0.25, 0.3) is 0 Å². The largest absolute Gasteiger partial charge is 0.311 e. The van der Waals surface area contributed by atoms with Crippen LogP contribution in [0.3, 0.4) is 0 Å². The average Bonchev–Trinajstić information content (AvgIpc) is 2.53. The van der Waals surface area contributed by atoms with Gasteiger partial charge in [0.1, 0.15) is 0 Å². The summed E-state index contributed by atoms with van der Waals surface area (Å²) in [6, 6.07) is 0. The third-order valence-electron chi connectivity index (χ3n) is 3.19. The number of nitrogens with one attached hydrogen (secondary N) is 1. The van der Waals surface area contributed by atoms with Crippen molar-refractivity contribution in [3.8, 4) is 0 Å². The van der Waals surface area contributed by atoms with Crippen LogP contribution >= 0.6 is 0 Å². The molecule has 14 heavy (non-hydrogen) atoms. The molecule has 0 aromatic rings. The van der Waals surface area contributed by atoms with E-state index >= 15 is 0 Å². The van der Waals surface area contributed by atoms with Crippen LogP contribution in [-0.4, -0.2) is 12.1 Å². The first-order chi connectivity index (χ1) is 6.68. The molecule has 0 amide bonds. The maximum Gasteiger partial charge on any atom is 0.0184 e. The molecule has 0 aliphatic carbocycles. The van der Waals surface area contributed by atoms with Crippen LogP contribution in [-0.2, 0) is 0 Å². The number of unbranched alkanes of at least 4 members (excludes halogenated alkanes) is 1. The molecule has 1 heteroatoms. The highest BCUT2D eigenvalue weighted by molar-refractivity contribution is 4.93. The lowest BCUT2D eigenvalue weighted by atomic mass is 9.83. The van der Waals surface area contributed by atoms with Gasteiger partial charge in [-0.1, -0.05) is 19.9 Å². The quantitative estimate of drug-likeness (QED) is 0.505. The summed E-state index contributed by atoms with van der Waals surface area (Å²) in [4.78, 5) is 0. The molecule has 0 radical (unpaired) electrons. The summed E-state index contributed by atoms with van der Waals surface area (Å²) in [5.41, 5.74) is 0.469. The van der Waals surface area contributed by atoms with Crippen molar-refractivity contribution in [3.05, 3.63) is 12.7 Å². The Labute approximate surface area is 89.0 Å². The number of hydrogen-bond acceptors (Lipinski definition) is 1. The molecule has 1 fully saturated rings. The highest BCUT2D eigenvalue weighted by Crippen LogP contribution is 2.31. The molecule has 0 aromatic carbocycles. The van der Waals surface area contributed by atoms with Gasteiger partial charge in [-0.3, -0.25) is 0 Å². The van der Waals surface area contributed by atoms with Gasteiger partial charge in [0.2, 0.25) is 0 Å². The van der Waals surface area contributed by atoms with Crippen LogP contribution in [0.4, 0.5) is 0 Å². The van der Waals surface area contributed by atoms with E-state index in [0.29, 0.717) is 5.54 Å². The maximum atomic E-state index is 3.79.